The molecule has 0 aliphatic rings. The fourth-order valence-corrected chi connectivity index (χ4v) is 1.30. The number of hydrogen-bond donors (Lipinski definition) is 1. The molecule has 0 radical (unpaired) electrons. The van der Waals surface area contributed by atoms with E-state index in [4.69, 9.17) is 5.73 Å². The van der Waals surface area contributed by atoms with Crippen LogP contribution in [-0.4, -0.2) is 16.4 Å². The Balaban J connectivity index is 2.85. The second-order valence-electron chi connectivity index (χ2n) is 3.54. The van der Waals surface area contributed by atoms with Gasteiger partial charge in [-0.1, -0.05) is 0 Å². The fraction of sp³-hybridized carbons (Fsp3) is 0.500. The Labute approximate surface area is 76.4 Å². The zero-order valence-electron chi connectivity index (χ0n) is 7.53. The lowest BCUT2D eigenvalue weighted by Gasteiger charge is -2.12. The van der Waals surface area contributed by atoms with Crippen molar-refractivity contribution in [1.82, 2.24) is 4.98 Å². The summed E-state index contributed by atoms with van der Waals surface area (Å²) >= 11 is 1.52. The van der Waals surface area contributed by atoms with E-state index >= 15 is 0 Å². The number of thiazole rings is 1. The third kappa shape index (κ3) is 2.62. The Morgan fingerprint density at radius 3 is 2.67 bits per heavy atom. The average molecular weight is 183 g/mol. The molecule has 0 bridgehead atoms. The van der Waals surface area contributed by atoms with Crippen molar-refractivity contribution in [3.63, 3.8) is 0 Å². The van der Waals surface area contributed by atoms with E-state index in [1.54, 1.807) is 5.51 Å². The van der Waals surface area contributed by atoms with Crippen LogP contribution in [0.2, 0.25) is 0 Å². The summed E-state index contributed by atoms with van der Waals surface area (Å²) in [7, 11) is 0. The normalized spacial score (nSPS) is 13.4. The van der Waals surface area contributed by atoms with E-state index in [2.05, 4.69) is 9.98 Å². The lowest BCUT2D eigenvalue weighted by atomic mass is 10.1. The Bertz CT molecular complexity index is 269. The molecule has 4 heteroatoms. The monoisotopic (exact) mass is 183 g/mol. The van der Waals surface area contributed by atoms with E-state index in [1.165, 1.54) is 11.3 Å². The molecule has 1 heterocycles. The summed E-state index contributed by atoms with van der Waals surface area (Å²) in [6.07, 6.45) is 0. The van der Waals surface area contributed by atoms with Gasteiger partial charge in [0.2, 0.25) is 0 Å². The number of amidine groups is 1. The second kappa shape index (κ2) is 3.23. The summed E-state index contributed by atoms with van der Waals surface area (Å²) in [5, 5.41) is 1.89. The lowest BCUT2D eigenvalue weighted by Crippen LogP contribution is -2.21. The molecule has 0 aliphatic heterocycles. The summed E-state index contributed by atoms with van der Waals surface area (Å²) in [5.74, 6) is 0.517. The Morgan fingerprint density at radius 1 is 1.58 bits per heavy atom. The van der Waals surface area contributed by atoms with Gasteiger partial charge in [0, 0.05) is 5.38 Å². The van der Waals surface area contributed by atoms with Crippen molar-refractivity contribution >= 4 is 17.2 Å². The third-order valence-corrected chi connectivity index (χ3v) is 1.74. The SMILES string of the molecule is CC(C)(C)N=C(N)c1cscn1. The van der Waals surface area contributed by atoms with Crippen LogP contribution < -0.4 is 5.73 Å². The summed E-state index contributed by atoms with van der Waals surface area (Å²) in [5.41, 5.74) is 8.11. The fourth-order valence-electron chi connectivity index (χ4n) is 0.758. The summed E-state index contributed by atoms with van der Waals surface area (Å²) in [4.78, 5) is 8.35. The largest absolute Gasteiger partial charge is 0.382 e. The minimum Gasteiger partial charge on any atom is -0.382 e. The molecular formula is C8H13N3S. The molecule has 2 N–H and O–H groups in total. The first-order valence-electron chi connectivity index (χ1n) is 3.73. The molecule has 3 nitrogen and oxygen atoms in total. The van der Waals surface area contributed by atoms with Crippen LogP contribution in [0.15, 0.2) is 15.9 Å². The van der Waals surface area contributed by atoms with Crippen molar-refractivity contribution in [3.8, 4) is 0 Å². The smallest absolute Gasteiger partial charge is 0.146 e. The van der Waals surface area contributed by atoms with Gasteiger partial charge in [-0.25, -0.2) is 4.98 Å². The zero-order valence-corrected chi connectivity index (χ0v) is 8.35. The maximum absolute atomic E-state index is 5.72. The van der Waals surface area contributed by atoms with Gasteiger partial charge in [-0.05, 0) is 20.8 Å². The number of aliphatic imine (C=N–C) groups is 1. The van der Waals surface area contributed by atoms with Gasteiger partial charge in [0.15, 0.2) is 0 Å². The maximum Gasteiger partial charge on any atom is 0.146 e. The molecule has 0 aromatic carbocycles. The van der Waals surface area contributed by atoms with Crippen LogP contribution in [-0.2, 0) is 0 Å². The Morgan fingerprint density at radius 2 is 2.25 bits per heavy atom. The quantitative estimate of drug-likeness (QED) is 0.531. The second-order valence-corrected chi connectivity index (χ2v) is 4.26. The topological polar surface area (TPSA) is 51.3 Å². The van der Waals surface area contributed by atoms with Crippen molar-refractivity contribution in [3.05, 3.63) is 16.6 Å². The number of rotatable bonds is 1. The van der Waals surface area contributed by atoms with Crippen molar-refractivity contribution in [2.75, 3.05) is 0 Å². The highest BCUT2D eigenvalue weighted by atomic mass is 32.1. The predicted octanol–water partition coefficient (Wildman–Crippen LogP) is 1.65. The zero-order chi connectivity index (χ0) is 9.19. The molecule has 12 heavy (non-hydrogen) atoms. The van der Waals surface area contributed by atoms with Crippen LogP contribution in [0.25, 0.3) is 0 Å². The Kier molecular flexibility index (Phi) is 2.47. The number of aromatic nitrogens is 1. The number of nitrogens with two attached hydrogens (primary N) is 1. The van der Waals surface area contributed by atoms with Crippen LogP contribution in [0.5, 0.6) is 0 Å². The van der Waals surface area contributed by atoms with Gasteiger partial charge >= 0.3 is 0 Å². The van der Waals surface area contributed by atoms with Gasteiger partial charge in [0.25, 0.3) is 0 Å². The van der Waals surface area contributed by atoms with Crippen molar-refractivity contribution in [2.24, 2.45) is 10.7 Å². The van der Waals surface area contributed by atoms with E-state index in [-0.39, 0.29) is 5.54 Å². The molecule has 66 valence electrons. The van der Waals surface area contributed by atoms with Crippen molar-refractivity contribution in [2.45, 2.75) is 26.3 Å². The predicted molar refractivity (Wildman–Crippen MR) is 52.6 cm³/mol. The Hall–Kier alpha value is -0.900. The molecule has 0 fully saturated rings. The lowest BCUT2D eigenvalue weighted by molar-refractivity contribution is 0.583. The van der Waals surface area contributed by atoms with E-state index < -0.39 is 0 Å². The molecule has 1 rings (SSSR count). The number of nitrogens with zero attached hydrogens (tertiary/aromatic N) is 2. The first kappa shape index (κ1) is 9.19. The summed E-state index contributed by atoms with van der Waals surface area (Å²) in [6.45, 7) is 6.02. The van der Waals surface area contributed by atoms with Crippen LogP contribution in [0.1, 0.15) is 26.5 Å². The maximum atomic E-state index is 5.72. The molecule has 0 atom stereocenters. The highest BCUT2D eigenvalue weighted by Gasteiger charge is 2.09. The van der Waals surface area contributed by atoms with E-state index in [9.17, 15) is 0 Å². The molecule has 0 saturated carbocycles. The van der Waals surface area contributed by atoms with Gasteiger partial charge in [0.1, 0.15) is 11.5 Å². The van der Waals surface area contributed by atoms with Crippen LogP contribution in [0.3, 0.4) is 0 Å². The number of hydrogen-bond acceptors (Lipinski definition) is 3. The van der Waals surface area contributed by atoms with E-state index in [0.29, 0.717) is 5.84 Å². The highest BCUT2D eigenvalue weighted by Crippen LogP contribution is 2.08. The van der Waals surface area contributed by atoms with Crippen molar-refractivity contribution < 1.29 is 0 Å². The van der Waals surface area contributed by atoms with Gasteiger partial charge in [-0.2, -0.15) is 0 Å². The highest BCUT2D eigenvalue weighted by molar-refractivity contribution is 7.07. The molecular weight excluding hydrogens is 170 g/mol. The van der Waals surface area contributed by atoms with Crippen LogP contribution in [0, 0.1) is 0 Å². The molecule has 0 unspecified atom stereocenters. The molecule has 0 aliphatic carbocycles. The van der Waals surface area contributed by atoms with Crippen molar-refractivity contribution in [1.29, 1.82) is 0 Å². The van der Waals surface area contributed by atoms with Gasteiger partial charge in [0.05, 0.1) is 11.0 Å². The summed E-state index contributed by atoms with van der Waals surface area (Å²) < 4.78 is 0. The first-order chi connectivity index (χ1) is 5.49. The van der Waals surface area contributed by atoms with Gasteiger partial charge < -0.3 is 5.73 Å². The van der Waals surface area contributed by atoms with Crippen LogP contribution in [0.4, 0.5) is 0 Å². The molecule has 0 saturated heterocycles. The molecule has 1 aromatic rings. The first-order valence-corrected chi connectivity index (χ1v) is 4.67. The standard InChI is InChI=1S/C8H13N3S/c1-8(2,3)11-7(9)6-4-12-5-10-6/h4-5H,1-3H3,(H2,9,11). The molecule has 0 amide bonds. The third-order valence-electron chi connectivity index (χ3n) is 1.15. The van der Waals surface area contributed by atoms with E-state index in [1.807, 2.05) is 26.2 Å². The molecule has 0 spiro atoms. The van der Waals surface area contributed by atoms with Gasteiger partial charge in [-0.3, -0.25) is 4.99 Å². The van der Waals surface area contributed by atoms with Gasteiger partial charge in [-0.15, -0.1) is 11.3 Å². The van der Waals surface area contributed by atoms with E-state index in [0.717, 1.165) is 5.69 Å². The van der Waals surface area contributed by atoms with Crippen LogP contribution >= 0.6 is 11.3 Å². The summed E-state index contributed by atoms with van der Waals surface area (Å²) in [6, 6.07) is 0. The average Bonchev–Trinajstić information content (AvgIpc) is 2.32. The minimum atomic E-state index is -0.131. The minimum absolute atomic E-state index is 0.131. The molecule has 1 aromatic heterocycles.